The molecule has 0 amide bonds. The predicted molar refractivity (Wildman–Crippen MR) is 88.7 cm³/mol. The Labute approximate surface area is 126 Å². The van der Waals surface area contributed by atoms with Crippen molar-refractivity contribution in [3.8, 4) is 0 Å². The average Bonchev–Trinajstić information content (AvgIpc) is 2.84. The molecule has 0 spiro atoms. The lowest BCUT2D eigenvalue weighted by atomic mass is 10.1. The zero-order chi connectivity index (χ0) is 14.7. The Balaban J connectivity index is 1.67. The fourth-order valence-electron chi connectivity index (χ4n) is 3.16. The van der Waals surface area contributed by atoms with Gasteiger partial charge >= 0.3 is 0 Å². The fraction of sp³-hybridized carbons (Fsp3) is 0.471. The molecule has 3 rings (SSSR count). The minimum absolute atomic E-state index is 0.715. The molecule has 4 heteroatoms. The number of hydrogen-bond acceptors (Lipinski definition) is 1. The van der Waals surface area contributed by atoms with Crippen LogP contribution in [0.3, 0.4) is 0 Å². The largest absolute Gasteiger partial charge is 0.370 e. The lowest BCUT2D eigenvalue weighted by molar-refractivity contribution is 0.338. The first-order chi connectivity index (χ1) is 10.3. The van der Waals surface area contributed by atoms with Crippen molar-refractivity contribution in [3.63, 3.8) is 0 Å². The van der Waals surface area contributed by atoms with Gasteiger partial charge in [-0.25, -0.2) is 0 Å². The Hall–Kier alpha value is -1.97. The fourth-order valence-corrected chi connectivity index (χ4v) is 3.16. The van der Waals surface area contributed by atoms with E-state index in [2.05, 4.69) is 46.1 Å². The van der Waals surface area contributed by atoms with Crippen LogP contribution in [0.1, 0.15) is 30.5 Å². The number of guanidine groups is 1. The lowest BCUT2D eigenvalue weighted by Gasteiger charge is -2.27. The summed E-state index contributed by atoms with van der Waals surface area (Å²) in [5, 5.41) is 1.31. The number of aromatic nitrogens is 1. The molecule has 4 nitrogen and oxygen atoms in total. The van der Waals surface area contributed by atoms with Crippen molar-refractivity contribution in [2.45, 2.75) is 32.6 Å². The van der Waals surface area contributed by atoms with E-state index in [0.717, 1.165) is 26.1 Å². The van der Waals surface area contributed by atoms with Gasteiger partial charge in [-0.05, 0) is 44.2 Å². The molecule has 1 fully saturated rings. The van der Waals surface area contributed by atoms with E-state index < -0.39 is 0 Å². The molecule has 0 aliphatic carbocycles. The van der Waals surface area contributed by atoms with Crippen molar-refractivity contribution >= 4 is 16.9 Å². The van der Waals surface area contributed by atoms with Gasteiger partial charge in [-0.3, -0.25) is 4.99 Å². The maximum absolute atomic E-state index is 6.11. The van der Waals surface area contributed by atoms with E-state index in [4.69, 9.17) is 5.73 Å². The van der Waals surface area contributed by atoms with Crippen molar-refractivity contribution in [3.05, 3.63) is 35.5 Å². The molecule has 21 heavy (non-hydrogen) atoms. The second-order valence-corrected chi connectivity index (χ2v) is 5.81. The molecule has 1 aliphatic heterocycles. The van der Waals surface area contributed by atoms with Crippen LogP contribution in [0.5, 0.6) is 0 Å². The normalized spacial score (nSPS) is 16.6. The number of likely N-dealkylation sites (tertiary alicyclic amines) is 1. The third-order valence-corrected chi connectivity index (χ3v) is 4.34. The molecule has 0 radical (unpaired) electrons. The molecule has 0 saturated carbocycles. The summed E-state index contributed by atoms with van der Waals surface area (Å²) in [4.78, 5) is 10.2. The van der Waals surface area contributed by atoms with Crippen LogP contribution in [0, 0.1) is 6.92 Å². The minimum atomic E-state index is 0.715. The standard InChI is InChI=1S/C17H24N4/c1-13-14(15-7-3-4-8-16(15)20-13)9-10-19-17(18)21-11-5-2-6-12-21/h3-4,7-8,20H,2,5-6,9-12H2,1H3,(H2,18,19). The first kappa shape index (κ1) is 14.0. The Kier molecular flexibility index (Phi) is 4.13. The topological polar surface area (TPSA) is 57.4 Å². The number of para-hydroxylation sites is 1. The number of rotatable bonds is 3. The third-order valence-electron chi connectivity index (χ3n) is 4.34. The van der Waals surface area contributed by atoms with Crippen LogP contribution in [0.15, 0.2) is 29.3 Å². The van der Waals surface area contributed by atoms with E-state index in [1.807, 2.05) is 0 Å². The van der Waals surface area contributed by atoms with Crippen LogP contribution >= 0.6 is 0 Å². The summed E-state index contributed by atoms with van der Waals surface area (Å²) in [6, 6.07) is 8.45. The molecule has 0 atom stereocenters. The van der Waals surface area contributed by atoms with Gasteiger partial charge in [0.2, 0.25) is 0 Å². The van der Waals surface area contributed by atoms with Gasteiger partial charge < -0.3 is 15.6 Å². The smallest absolute Gasteiger partial charge is 0.191 e. The highest BCUT2D eigenvalue weighted by molar-refractivity contribution is 5.84. The average molecular weight is 284 g/mol. The summed E-state index contributed by atoms with van der Waals surface area (Å²) in [5.74, 6) is 0.715. The summed E-state index contributed by atoms with van der Waals surface area (Å²) >= 11 is 0. The molecule has 2 heterocycles. The quantitative estimate of drug-likeness (QED) is 0.672. The highest BCUT2D eigenvalue weighted by Crippen LogP contribution is 2.22. The van der Waals surface area contributed by atoms with Crippen LogP contribution < -0.4 is 5.73 Å². The molecular formula is C17H24N4. The number of aromatic amines is 1. The lowest BCUT2D eigenvalue weighted by Crippen LogP contribution is -2.41. The maximum atomic E-state index is 6.11. The zero-order valence-corrected chi connectivity index (χ0v) is 12.7. The van der Waals surface area contributed by atoms with Crippen molar-refractivity contribution in [1.82, 2.24) is 9.88 Å². The van der Waals surface area contributed by atoms with Crippen LogP contribution in [0.4, 0.5) is 0 Å². The van der Waals surface area contributed by atoms with E-state index in [1.165, 1.54) is 41.4 Å². The van der Waals surface area contributed by atoms with Gasteiger partial charge in [0.05, 0.1) is 0 Å². The van der Waals surface area contributed by atoms with Gasteiger partial charge in [-0.15, -0.1) is 0 Å². The molecule has 1 saturated heterocycles. The number of piperidine rings is 1. The number of aryl methyl sites for hydroxylation is 1. The molecule has 1 aliphatic rings. The Morgan fingerprint density at radius 3 is 2.81 bits per heavy atom. The third kappa shape index (κ3) is 3.04. The Bertz CT molecular complexity index is 635. The van der Waals surface area contributed by atoms with Crippen LogP contribution in [0.25, 0.3) is 10.9 Å². The van der Waals surface area contributed by atoms with E-state index in [1.54, 1.807) is 0 Å². The molecule has 0 bridgehead atoms. The zero-order valence-electron chi connectivity index (χ0n) is 12.7. The Morgan fingerprint density at radius 2 is 2.00 bits per heavy atom. The first-order valence-corrected chi connectivity index (χ1v) is 7.87. The molecular weight excluding hydrogens is 260 g/mol. The van der Waals surface area contributed by atoms with Crippen LogP contribution in [0.2, 0.25) is 0 Å². The highest BCUT2D eigenvalue weighted by Gasteiger charge is 2.12. The second-order valence-electron chi connectivity index (χ2n) is 5.81. The van der Waals surface area contributed by atoms with E-state index in [9.17, 15) is 0 Å². The van der Waals surface area contributed by atoms with Crippen molar-refractivity contribution in [2.24, 2.45) is 10.7 Å². The van der Waals surface area contributed by atoms with Gasteiger partial charge in [0.25, 0.3) is 0 Å². The van der Waals surface area contributed by atoms with Gasteiger partial charge in [0.1, 0.15) is 0 Å². The number of benzene rings is 1. The number of hydrogen-bond donors (Lipinski definition) is 2. The van der Waals surface area contributed by atoms with Crippen molar-refractivity contribution < 1.29 is 0 Å². The molecule has 112 valence electrons. The van der Waals surface area contributed by atoms with E-state index >= 15 is 0 Å². The van der Waals surface area contributed by atoms with E-state index in [0.29, 0.717) is 5.96 Å². The first-order valence-electron chi connectivity index (χ1n) is 7.87. The Morgan fingerprint density at radius 1 is 1.24 bits per heavy atom. The molecule has 2 aromatic rings. The van der Waals surface area contributed by atoms with Gasteiger partial charge in [-0.2, -0.15) is 0 Å². The summed E-state index contributed by atoms with van der Waals surface area (Å²) in [6.07, 6.45) is 4.72. The predicted octanol–water partition coefficient (Wildman–Crippen LogP) is 2.82. The van der Waals surface area contributed by atoms with Crippen molar-refractivity contribution in [1.29, 1.82) is 0 Å². The maximum Gasteiger partial charge on any atom is 0.191 e. The SMILES string of the molecule is Cc1[nH]c2ccccc2c1CCN=C(N)N1CCCCC1. The number of nitrogens with one attached hydrogen (secondary N) is 1. The number of nitrogens with two attached hydrogens (primary N) is 1. The number of nitrogens with zero attached hydrogens (tertiary/aromatic N) is 2. The number of fused-ring (bicyclic) bond motifs is 1. The summed E-state index contributed by atoms with van der Waals surface area (Å²) < 4.78 is 0. The summed E-state index contributed by atoms with van der Waals surface area (Å²) in [5.41, 5.74) is 9.91. The van der Waals surface area contributed by atoms with Crippen molar-refractivity contribution in [2.75, 3.05) is 19.6 Å². The molecule has 0 unspecified atom stereocenters. The molecule has 1 aromatic carbocycles. The summed E-state index contributed by atoms with van der Waals surface area (Å²) in [6.45, 7) is 5.00. The van der Waals surface area contributed by atoms with Gasteiger partial charge in [0.15, 0.2) is 5.96 Å². The minimum Gasteiger partial charge on any atom is -0.370 e. The van der Waals surface area contributed by atoms with Crippen LogP contribution in [-0.4, -0.2) is 35.5 Å². The second kappa shape index (κ2) is 6.20. The monoisotopic (exact) mass is 284 g/mol. The molecule has 3 N–H and O–H groups in total. The van der Waals surface area contributed by atoms with Crippen LogP contribution in [-0.2, 0) is 6.42 Å². The highest BCUT2D eigenvalue weighted by atomic mass is 15.2. The van der Waals surface area contributed by atoms with Gasteiger partial charge in [0, 0.05) is 36.2 Å². The number of H-pyrrole nitrogens is 1. The van der Waals surface area contributed by atoms with E-state index in [-0.39, 0.29) is 0 Å². The molecule has 1 aromatic heterocycles. The summed E-state index contributed by atoms with van der Waals surface area (Å²) in [7, 11) is 0. The van der Waals surface area contributed by atoms with Gasteiger partial charge in [-0.1, -0.05) is 18.2 Å². The number of aliphatic imine (C=N–C) groups is 1.